The number of esters is 2. The third-order valence-corrected chi connectivity index (χ3v) is 7.34. The number of carbonyl (C=O) groups excluding carboxylic acids is 3. The fourth-order valence-corrected chi connectivity index (χ4v) is 4.60. The number of nitrogens with two attached hydrogens (primary N) is 1. The lowest BCUT2D eigenvalue weighted by Gasteiger charge is -2.12. The van der Waals surface area contributed by atoms with Crippen LogP contribution in [0.1, 0.15) is 66.3 Å². The maximum Gasteiger partial charge on any atom is 0.343 e. The number of benzene rings is 2. The van der Waals surface area contributed by atoms with Gasteiger partial charge in [0.05, 0.1) is 24.3 Å². The molecular formula is C32H36Br2FN3O6. The van der Waals surface area contributed by atoms with Gasteiger partial charge < -0.3 is 24.7 Å². The average Bonchev–Trinajstić information content (AvgIpc) is 3.90. The Bertz CT molecular complexity index is 1610. The fourth-order valence-electron chi connectivity index (χ4n) is 3.92. The van der Waals surface area contributed by atoms with Crippen molar-refractivity contribution in [2.45, 2.75) is 51.6 Å². The number of rotatable bonds is 8. The Labute approximate surface area is 272 Å². The molecule has 0 amide bonds. The van der Waals surface area contributed by atoms with Crippen LogP contribution in [-0.2, 0) is 14.3 Å². The minimum absolute atomic E-state index is 0.119. The molecule has 236 valence electrons. The molecule has 1 aromatic heterocycles. The minimum Gasteiger partial charge on any atom is -0.462 e. The monoisotopic (exact) mass is 735 g/mol. The minimum atomic E-state index is -0.770. The number of pyridine rings is 1. The zero-order valence-corrected chi connectivity index (χ0v) is 28.2. The van der Waals surface area contributed by atoms with Crippen LogP contribution in [0.15, 0.2) is 68.1 Å². The van der Waals surface area contributed by atoms with Crippen LogP contribution in [0.2, 0.25) is 0 Å². The molecule has 2 aliphatic carbocycles. The highest BCUT2D eigenvalue weighted by Crippen LogP contribution is 2.37. The highest BCUT2D eigenvalue weighted by atomic mass is 79.9. The molecule has 5 rings (SSSR count). The predicted molar refractivity (Wildman–Crippen MR) is 174 cm³/mol. The summed E-state index contributed by atoms with van der Waals surface area (Å²) in [5.74, 6) is -2.72. The van der Waals surface area contributed by atoms with Gasteiger partial charge in [0.25, 0.3) is 0 Å². The van der Waals surface area contributed by atoms with Crippen molar-refractivity contribution in [1.29, 1.82) is 0 Å². The number of ketones is 1. The van der Waals surface area contributed by atoms with Gasteiger partial charge in [-0.05, 0) is 75.9 Å². The number of ether oxygens (including phenoxy) is 2. The Morgan fingerprint density at radius 2 is 1.57 bits per heavy atom. The third kappa shape index (κ3) is 9.83. The van der Waals surface area contributed by atoms with E-state index in [-0.39, 0.29) is 35.3 Å². The van der Waals surface area contributed by atoms with E-state index in [4.69, 9.17) is 15.2 Å². The molecule has 0 aliphatic heterocycles. The van der Waals surface area contributed by atoms with Gasteiger partial charge in [0, 0.05) is 52.9 Å². The third-order valence-electron chi connectivity index (χ3n) is 6.36. The van der Waals surface area contributed by atoms with Crippen molar-refractivity contribution in [1.82, 2.24) is 9.47 Å². The Balaban J connectivity index is 0.000000213. The number of Topliss-reactive ketones (excluding diaryl/α,β-unsaturated/α-hetero) is 1. The smallest absolute Gasteiger partial charge is 0.343 e. The van der Waals surface area contributed by atoms with Gasteiger partial charge in [0.2, 0.25) is 11.2 Å². The summed E-state index contributed by atoms with van der Waals surface area (Å²) in [7, 11) is 3.31. The van der Waals surface area contributed by atoms with E-state index in [2.05, 4.69) is 31.9 Å². The molecule has 2 fully saturated rings. The van der Waals surface area contributed by atoms with Crippen molar-refractivity contribution < 1.29 is 28.2 Å². The Morgan fingerprint density at radius 1 is 0.977 bits per heavy atom. The van der Waals surface area contributed by atoms with Crippen molar-refractivity contribution in [3.63, 3.8) is 0 Å². The van der Waals surface area contributed by atoms with Crippen LogP contribution in [0.3, 0.4) is 0 Å². The molecule has 0 saturated heterocycles. The molecule has 0 radical (unpaired) electrons. The van der Waals surface area contributed by atoms with E-state index in [9.17, 15) is 23.6 Å². The molecule has 0 bridgehead atoms. The summed E-state index contributed by atoms with van der Waals surface area (Å²) >= 11 is 6.54. The van der Waals surface area contributed by atoms with E-state index in [1.807, 2.05) is 16.7 Å². The maximum atomic E-state index is 13.8. The highest BCUT2D eigenvalue weighted by molar-refractivity contribution is 9.10. The first-order chi connectivity index (χ1) is 20.9. The van der Waals surface area contributed by atoms with Crippen molar-refractivity contribution >= 4 is 60.5 Å². The van der Waals surface area contributed by atoms with Crippen LogP contribution < -0.4 is 11.2 Å². The summed E-state index contributed by atoms with van der Waals surface area (Å²) in [4.78, 5) is 50.0. The Morgan fingerprint density at radius 3 is 2.09 bits per heavy atom. The Kier molecular flexibility index (Phi) is 12.9. The van der Waals surface area contributed by atoms with Gasteiger partial charge in [-0.15, -0.1) is 0 Å². The van der Waals surface area contributed by atoms with E-state index in [1.165, 1.54) is 42.1 Å². The maximum absolute atomic E-state index is 13.8. The number of carbonyl (C=O) groups is 3. The largest absolute Gasteiger partial charge is 0.462 e. The van der Waals surface area contributed by atoms with Gasteiger partial charge in [0.1, 0.15) is 17.0 Å². The fraction of sp³-hybridized carbons (Fsp3) is 0.375. The lowest BCUT2D eigenvalue weighted by atomic mass is 10.0. The van der Waals surface area contributed by atoms with Crippen LogP contribution >= 0.6 is 31.9 Å². The topological polar surface area (TPSA) is 121 Å². The van der Waals surface area contributed by atoms with Gasteiger partial charge in [0.15, 0.2) is 0 Å². The molecule has 2 aromatic carbocycles. The van der Waals surface area contributed by atoms with E-state index >= 15 is 0 Å². The van der Waals surface area contributed by atoms with E-state index in [1.54, 1.807) is 40.2 Å². The predicted octanol–water partition coefficient (Wildman–Crippen LogP) is 6.16. The quantitative estimate of drug-likeness (QED) is 0.0960. The molecule has 2 N–H and O–H groups in total. The second kappa shape index (κ2) is 16.1. The second-order valence-corrected chi connectivity index (χ2v) is 12.2. The molecule has 2 aliphatic rings. The molecule has 12 heteroatoms. The summed E-state index contributed by atoms with van der Waals surface area (Å²) in [6.07, 6.45) is 7.65. The molecule has 0 spiro atoms. The SMILES string of the molecule is CCOC(=O)/C(=C\N(C)C)C(=O)c1ccc(Br)cc1F.CCOC(=O)c1cn(C2CC2)c2cc(Br)ccc2c1=O.NC1CC1. The first-order valence-corrected chi connectivity index (χ1v) is 15.8. The summed E-state index contributed by atoms with van der Waals surface area (Å²) in [6.45, 7) is 3.77. The van der Waals surface area contributed by atoms with Gasteiger partial charge in [-0.2, -0.15) is 0 Å². The number of hydrogen-bond acceptors (Lipinski definition) is 8. The van der Waals surface area contributed by atoms with Gasteiger partial charge >= 0.3 is 11.9 Å². The van der Waals surface area contributed by atoms with Crippen LogP contribution in [0.5, 0.6) is 0 Å². The van der Waals surface area contributed by atoms with Crippen molar-refractivity contribution in [2.75, 3.05) is 27.3 Å². The molecule has 0 unspecified atom stereocenters. The summed E-state index contributed by atoms with van der Waals surface area (Å²) in [6, 6.07) is 10.5. The van der Waals surface area contributed by atoms with E-state index in [0.717, 1.165) is 22.8 Å². The lowest BCUT2D eigenvalue weighted by molar-refractivity contribution is -0.138. The molecule has 3 aromatic rings. The number of halogens is 3. The van der Waals surface area contributed by atoms with E-state index in [0.29, 0.717) is 21.9 Å². The first-order valence-electron chi connectivity index (χ1n) is 14.2. The summed E-state index contributed by atoms with van der Waals surface area (Å²) < 4.78 is 27.1. The summed E-state index contributed by atoms with van der Waals surface area (Å²) in [5.41, 5.74) is 5.56. The number of fused-ring (bicyclic) bond motifs is 1. The van der Waals surface area contributed by atoms with E-state index < -0.39 is 23.5 Å². The summed E-state index contributed by atoms with van der Waals surface area (Å²) in [5, 5.41) is 0.561. The highest BCUT2D eigenvalue weighted by Gasteiger charge is 2.27. The molecular weight excluding hydrogens is 701 g/mol. The van der Waals surface area contributed by atoms with Crippen molar-refractivity contribution in [2.24, 2.45) is 5.73 Å². The Hall–Kier alpha value is -3.35. The van der Waals surface area contributed by atoms with Gasteiger partial charge in [-0.25, -0.2) is 14.0 Å². The standard InChI is InChI=1S/C15H14BrNO3.C14H15BrFNO3.C3H7N/c1-2-20-15(19)12-8-17(10-4-5-10)13-7-9(16)3-6-11(13)14(12)18;1-4-20-14(19)11(8-17(2)3)13(18)10-6-5-9(15)7-12(10)16;4-3-1-2-3/h3,6-8,10H,2,4-5H2,1H3;5-8H,4H2,1-3H3;3H,1-2,4H2/b;11-8-;. The molecule has 2 saturated carbocycles. The van der Waals surface area contributed by atoms with Crippen molar-refractivity contribution in [3.05, 3.63) is 90.5 Å². The molecule has 9 nitrogen and oxygen atoms in total. The number of aromatic nitrogens is 1. The number of nitrogens with zero attached hydrogens (tertiary/aromatic N) is 2. The second-order valence-electron chi connectivity index (χ2n) is 10.4. The van der Waals surface area contributed by atoms with Gasteiger partial charge in [-0.3, -0.25) is 9.59 Å². The average molecular weight is 737 g/mol. The van der Waals surface area contributed by atoms with Crippen LogP contribution in [0, 0.1) is 5.82 Å². The normalized spacial score (nSPS) is 14.0. The van der Waals surface area contributed by atoms with Crippen LogP contribution in [0.4, 0.5) is 4.39 Å². The number of hydrogen-bond donors (Lipinski definition) is 1. The molecule has 0 atom stereocenters. The molecule has 1 heterocycles. The van der Waals surface area contributed by atoms with Crippen molar-refractivity contribution in [3.8, 4) is 0 Å². The zero-order chi connectivity index (χ0) is 32.6. The van der Waals surface area contributed by atoms with Crippen LogP contribution in [0.25, 0.3) is 10.9 Å². The van der Waals surface area contributed by atoms with Crippen LogP contribution in [-0.4, -0.2) is 60.5 Å². The molecule has 44 heavy (non-hydrogen) atoms. The zero-order valence-electron chi connectivity index (χ0n) is 25.1. The first kappa shape index (κ1) is 35.1. The lowest BCUT2D eigenvalue weighted by Crippen LogP contribution is -2.20. The van der Waals surface area contributed by atoms with Gasteiger partial charge in [-0.1, -0.05) is 31.9 Å².